The Kier molecular flexibility index (Phi) is 5.24. The van der Waals surface area contributed by atoms with Gasteiger partial charge in [0.1, 0.15) is 0 Å². The highest BCUT2D eigenvalue weighted by atomic mass is 16.5. The fourth-order valence-electron chi connectivity index (χ4n) is 2.54. The Morgan fingerprint density at radius 1 is 1.40 bits per heavy atom. The molecule has 0 spiro atoms. The second-order valence-electron chi connectivity index (χ2n) is 5.09. The second-order valence-corrected chi connectivity index (χ2v) is 5.09. The van der Waals surface area contributed by atoms with Crippen LogP contribution in [0.3, 0.4) is 0 Å². The summed E-state index contributed by atoms with van der Waals surface area (Å²) in [7, 11) is 1.36. The molecule has 0 bridgehead atoms. The predicted molar refractivity (Wildman–Crippen MR) is 81.0 cm³/mol. The minimum absolute atomic E-state index is 0.400. The van der Waals surface area contributed by atoms with Crippen LogP contribution in [-0.2, 0) is 4.74 Å². The quantitative estimate of drug-likeness (QED) is 0.472. The molecular formula is C15H23N3O2. The molecule has 1 aliphatic rings. The molecule has 2 rings (SSSR count). The maximum atomic E-state index is 11.6. The van der Waals surface area contributed by atoms with Crippen LogP contribution in [-0.4, -0.2) is 44.2 Å². The molecule has 1 heterocycles. The summed E-state index contributed by atoms with van der Waals surface area (Å²) in [6, 6.07) is 5.37. The van der Waals surface area contributed by atoms with Crippen LogP contribution in [0.4, 0.5) is 11.4 Å². The Bertz CT molecular complexity index is 456. The molecule has 0 saturated carbocycles. The zero-order valence-corrected chi connectivity index (χ0v) is 12.0. The number of ether oxygens (including phenoxy) is 1. The van der Waals surface area contributed by atoms with Crippen molar-refractivity contribution in [1.82, 2.24) is 4.90 Å². The van der Waals surface area contributed by atoms with Gasteiger partial charge in [-0.05, 0) is 51.0 Å². The molecular weight excluding hydrogens is 254 g/mol. The summed E-state index contributed by atoms with van der Waals surface area (Å²) in [4.78, 5) is 14.0. The fraction of sp³-hybridized carbons (Fsp3) is 0.533. The lowest BCUT2D eigenvalue weighted by atomic mass is 10.1. The average molecular weight is 277 g/mol. The number of likely N-dealkylation sites (tertiary alicyclic amines) is 1. The van der Waals surface area contributed by atoms with Crippen LogP contribution in [0.25, 0.3) is 0 Å². The summed E-state index contributed by atoms with van der Waals surface area (Å²) in [5.74, 6) is -0.400. The first-order valence-electron chi connectivity index (χ1n) is 7.15. The Balaban J connectivity index is 1.84. The van der Waals surface area contributed by atoms with Crippen LogP contribution in [0.5, 0.6) is 0 Å². The lowest BCUT2D eigenvalue weighted by molar-refractivity contribution is 0.0602. The SMILES string of the molecule is COC(=O)c1cccc(NCCCN2CCCC2)c1N. The van der Waals surface area contributed by atoms with E-state index in [1.54, 1.807) is 6.07 Å². The van der Waals surface area contributed by atoms with Crippen molar-refractivity contribution in [2.45, 2.75) is 19.3 Å². The van der Waals surface area contributed by atoms with Crippen molar-refractivity contribution < 1.29 is 9.53 Å². The van der Waals surface area contributed by atoms with E-state index >= 15 is 0 Å². The van der Waals surface area contributed by atoms with E-state index < -0.39 is 5.97 Å². The van der Waals surface area contributed by atoms with E-state index in [4.69, 9.17) is 10.5 Å². The van der Waals surface area contributed by atoms with Gasteiger partial charge in [-0.3, -0.25) is 0 Å². The summed E-state index contributed by atoms with van der Waals surface area (Å²) < 4.78 is 4.71. The van der Waals surface area contributed by atoms with E-state index in [-0.39, 0.29) is 0 Å². The smallest absolute Gasteiger partial charge is 0.340 e. The van der Waals surface area contributed by atoms with E-state index in [9.17, 15) is 4.79 Å². The van der Waals surface area contributed by atoms with Crippen LogP contribution < -0.4 is 11.1 Å². The lowest BCUT2D eigenvalue weighted by Crippen LogP contribution is -2.22. The molecule has 3 N–H and O–H groups in total. The van der Waals surface area contributed by atoms with Gasteiger partial charge in [0.05, 0.1) is 24.0 Å². The average Bonchev–Trinajstić information content (AvgIpc) is 2.97. The van der Waals surface area contributed by atoms with Gasteiger partial charge in [-0.15, -0.1) is 0 Å². The van der Waals surface area contributed by atoms with Gasteiger partial charge >= 0.3 is 5.97 Å². The second kappa shape index (κ2) is 7.14. The van der Waals surface area contributed by atoms with Gasteiger partial charge in [0.15, 0.2) is 0 Å². The number of para-hydroxylation sites is 1. The summed E-state index contributed by atoms with van der Waals surface area (Å²) in [6.07, 6.45) is 3.71. The predicted octanol–water partition coefficient (Wildman–Crippen LogP) is 1.95. The Morgan fingerprint density at radius 2 is 2.15 bits per heavy atom. The number of carbonyl (C=O) groups excluding carboxylic acids is 1. The number of nitrogen functional groups attached to an aromatic ring is 1. The molecule has 1 aromatic carbocycles. The first-order chi connectivity index (χ1) is 9.72. The minimum atomic E-state index is -0.400. The van der Waals surface area contributed by atoms with Crippen molar-refractivity contribution in [3.05, 3.63) is 23.8 Å². The van der Waals surface area contributed by atoms with E-state index in [0.717, 1.165) is 25.2 Å². The Morgan fingerprint density at radius 3 is 2.85 bits per heavy atom. The molecule has 1 aliphatic heterocycles. The zero-order valence-electron chi connectivity index (χ0n) is 12.0. The largest absolute Gasteiger partial charge is 0.465 e. The topological polar surface area (TPSA) is 67.6 Å². The molecule has 110 valence electrons. The van der Waals surface area contributed by atoms with Gasteiger partial charge in [0.25, 0.3) is 0 Å². The number of hydrogen-bond donors (Lipinski definition) is 2. The molecule has 0 atom stereocenters. The van der Waals surface area contributed by atoms with Crippen molar-refractivity contribution in [2.75, 3.05) is 44.3 Å². The van der Waals surface area contributed by atoms with Crippen LogP contribution in [0, 0.1) is 0 Å². The third-order valence-electron chi connectivity index (χ3n) is 3.68. The number of carbonyl (C=O) groups is 1. The number of rotatable bonds is 6. The molecule has 0 aromatic heterocycles. The highest BCUT2D eigenvalue weighted by Crippen LogP contribution is 2.23. The van der Waals surface area contributed by atoms with Gasteiger partial charge < -0.3 is 20.7 Å². The highest BCUT2D eigenvalue weighted by Gasteiger charge is 2.13. The molecule has 5 heteroatoms. The third kappa shape index (κ3) is 3.63. The summed E-state index contributed by atoms with van der Waals surface area (Å²) in [5, 5.41) is 3.30. The molecule has 1 saturated heterocycles. The van der Waals surface area contributed by atoms with Crippen LogP contribution in [0.2, 0.25) is 0 Å². The number of nitrogens with one attached hydrogen (secondary N) is 1. The number of benzene rings is 1. The lowest BCUT2D eigenvalue weighted by Gasteiger charge is -2.16. The zero-order chi connectivity index (χ0) is 14.4. The third-order valence-corrected chi connectivity index (χ3v) is 3.68. The molecule has 5 nitrogen and oxygen atoms in total. The summed E-state index contributed by atoms with van der Waals surface area (Å²) in [5.41, 5.74) is 7.66. The first kappa shape index (κ1) is 14.7. The summed E-state index contributed by atoms with van der Waals surface area (Å²) >= 11 is 0. The molecule has 1 fully saturated rings. The first-order valence-corrected chi connectivity index (χ1v) is 7.15. The molecule has 0 aliphatic carbocycles. The number of nitrogens with two attached hydrogens (primary N) is 1. The van der Waals surface area contributed by atoms with E-state index in [0.29, 0.717) is 11.3 Å². The fourth-order valence-corrected chi connectivity index (χ4v) is 2.54. The number of anilines is 2. The van der Waals surface area contributed by atoms with E-state index in [1.165, 1.54) is 33.0 Å². The van der Waals surface area contributed by atoms with Crippen molar-refractivity contribution in [3.8, 4) is 0 Å². The maximum Gasteiger partial charge on any atom is 0.340 e. The minimum Gasteiger partial charge on any atom is -0.465 e. The Hall–Kier alpha value is -1.75. The highest BCUT2D eigenvalue weighted by molar-refractivity contribution is 5.98. The van der Waals surface area contributed by atoms with Crippen molar-refractivity contribution >= 4 is 17.3 Å². The van der Waals surface area contributed by atoms with Crippen LogP contribution in [0.1, 0.15) is 29.6 Å². The monoisotopic (exact) mass is 277 g/mol. The van der Waals surface area contributed by atoms with Crippen molar-refractivity contribution in [1.29, 1.82) is 0 Å². The Labute approximate surface area is 120 Å². The van der Waals surface area contributed by atoms with Gasteiger partial charge in [-0.25, -0.2) is 4.79 Å². The van der Waals surface area contributed by atoms with Crippen LogP contribution in [0.15, 0.2) is 18.2 Å². The number of esters is 1. The van der Waals surface area contributed by atoms with Crippen molar-refractivity contribution in [3.63, 3.8) is 0 Å². The van der Waals surface area contributed by atoms with Crippen molar-refractivity contribution in [2.24, 2.45) is 0 Å². The van der Waals surface area contributed by atoms with Gasteiger partial charge in [0, 0.05) is 6.54 Å². The molecule has 0 radical (unpaired) electrons. The normalized spacial score (nSPS) is 15.2. The number of hydrogen-bond acceptors (Lipinski definition) is 5. The van der Waals surface area contributed by atoms with E-state index in [2.05, 4.69) is 10.2 Å². The molecule has 20 heavy (non-hydrogen) atoms. The standard InChI is InChI=1S/C15H23N3O2/c1-20-15(19)12-6-4-7-13(14(12)16)17-8-5-11-18-9-2-3-10-18/h4,6-7,17H,2-3,5,8-11,16H2,1H3. The van der Waals surface area contributed by atoms with Crippen LogP contribution >= 0.6 is 0 Å². The molecule has 0 amide bonds. The molecule has 0 unspecified atom stereocenters. The number of nitrogens with zero attached hydrogens (tertiary/aromatic N) is 1. The number of methoxy groups -OCH3 is 1. The van der Waals surface area contributed by atoms with Gasteiger partial charge in [0.2, 0.25) is 0 Å². The van der Waals surface area contributed by atoms with E-state index in [1.807, 2.05) is 12.1 Å². The summed E-state index contributed by atoms with van der Waals surface area (Å²) in [6.45, 7) is 4.41. The van der Waals surface area contributed by atoms with Gasteiger partial charge in [-0.2, -0.15) is 0 Å². The maximum absolute atomic E-state index is 11.6. The molecule has 1 aromatic rings. The van der Waals surface area contributed by atoms with Gasteiger partial charge in [-0.1, -0.05) is 6.07 Å².